The molecule has 4 heteroatoms. The lowest BCUT2D eigenvalue weighted by Gasteiger charge is -2.30. The minimum atomic E-state index is -0.742. The van der Waals surface area contributed by atoms with Crippen molar-refractivity contribution >= 4 is 5.97 Å². The molecule has 1 atom stereocenters. The van der Waals surface area contributed by atoms with Gasteiger partial charge in [0.2, 0.25) is 0 Å². The van der Waals surface area contributed by atoms with Gasteiger partial charge in [0.25, 0.3) is 0 Å². The molecule has 0 bridgehead atoms. The van der Waals surface area contributed by atoms with Crippen molar-refractivity contribution in [2.24, 2.45) is 5.92 Å². The SMILES string of the molecule is CCNC(CC)(CCCN(C)CCC(C)C)C(=O)O. The number of carboxylic acid groups (broad SMARTS) is 1. The topological polar surface area (TPSA) is 52.6 Å². The van der Waals surface area contributed by atoms with Gasteiger partial charge in [-0.2, -0.15) is 0 Å². The van der Waals surface area contributed by atoms with E-state index >= 15 is 0 Å². The number of nitrogens with one attached hydrogen (secondary N) is 1. The van der Waals surface area contributed by atoms with Crippen molar-refractivity contribution in [2.45, 2.75) is 58.9 Å². The van der Waals surface area contributed by atoms with Gasteiger partial charge in [-0.1, -0.05) is 27.7 Å². The number of nitrogens with zero attached hydrogens (tertiary/aromatic N) is 1. The molecular weight excluding hydrogens is 240 g/mol. The molecule has 19 heavy (non-hydrogen) atoms. The molecule has 0 aliphatic heterocycles. The molecule has 0 aliphatic carbocycles. The number of rotatable bonds is 11. The Bertz CT molecular complexity index is 257. The quantitative estimate of drug-likeness (QED) is 0.607. The second-order valence-electron chi connectivity index (χ2n) is 5.86. The molecule has 2 N–H and O–H groups in total. The summed E-state index contributed by atoms with van der Waals surface area (Å²) in [6, 6.07) is 0. The Labute approximate surface area is 118 Å². The zero-order chi connectivity index (χ0) is 14.9. The van der Waals surface area contributed by atoms with E-state index < -0.39 is 11.5 Å². The maximum Gasteiger partial charge on any atom is 0.323 e. The van der Waals surface area contributed by atoms with Gasteiger partial charge < -0.3 is 15.3 Å². The van der Waals surface area contributed by atoms with Crippen LogP contribution in [0.2, 0.25) is 0 Å². The molecule has 0 rings (SSSR count). The van der Waals surface area contributed by atoms with Gasteiger partial charge in [0.15, 0.2) is 0 Å². The van der Waals surface area contributed by atoms with Gasteiger partial charge in [-0.15, -0.1) is 0 Å². The van der Waals surface area contributed by atoms with Crippen LogP contribution in [-0.2, 0) is 4.79 Å². The molecular formula is C15H32N2O2. The van der Waals surface area contributed by atoms with Crippen LogP contribution in [0.25, 0.3) is 0 Å². The predicted molar refractivity (Wildman–Crippen MR) is 80.5 cm³/mol. The second kappa shape index (κ2) is 9.32. The molecule has 0 aromatic carbocycles. The summed E-state index contributed by atoms with van der Waals surface area (Å²) in [6.07, 6.45) is 3.44. The van der Waals surface area contributed by atoms with E-state index in [0.29, 0.717) is 19.4 Å². The van der Waals surface area contributed by atoms with Gasteiger partial charge in [-0.05, 0) is 58.3 Å². The van der Waals surface area contributed by atoms with E-state index in [1.54, 1.807) is 0 Å². The summed E-state index contributed by atoms with van der Waals surface area (Å²) in [5, 5.41) is 12.6. The third-order valence-corrected chi connectivity index (χ3v) is 3.76. The van der Waals surface area contributed by atoms with E-state index in [9.17, 15) is 9.90 Å². The summed E-state index contributed by atoms with van der Waals surface area (Å²) >= 11 is 0. The van der Waals surface area contributed by atoms with Crippen molar-refractivity contribution in [3.63, 3.8) is 0 Å². The third kappa shape index (κ3) is 6.92. The number of carbonyl (C=O) groups is 1. The smallest absolute Gasteiger partial charge is 0.323 e. The molecule has 0 aromatic heterocycles. The number of likely N-dealkylation sites (N-methyl/N-ethyl adjacent to an activating group) is 1. The summed E-state index contributed by atoms with van der Waals surface area (Å²) in [6.45, 7) is 11.1. The van der Waals surface area contributed by atoms with Crippen LogP contribution >= 0.6 is 0 Å². The zero-order valence-electron chi connectivity index (χ0n) is 13.3. The second-order valence-corrected chi connectivity index (χ2v) is 5.86. The molecule has 4 nitrogen and oxygen atoms in total. The maximum absolute atomic E-state index is 11.5. The highest BCUT2D eigenvalue weighted by molar-refractivity contribution is 5.78. The van der Waals surface area contributed by atoms with Crippen molar-refractivity contribution < 1.29 is 9.90 Å². The molecule has 0 aliphatic rings. The average molecular weight is 272 g/mol. The number of hydrogen-bond acceptors (Lipinski definition) is 3. The monoisotopic (exact) mass is 272 g/mol. The van der Waals surface area contributed by atoms with Crippen LogP contribution in [0.5, 0.6) is 0 Å². The van der Waals surface area contributed by atoms with Gasteiger partial charge in [0.1, 0.15) is 5.54 Å². The zero-order valence-corrected chi connectivity index (χ0v) is 13.3. The fourth-order valence-corrected chi connectivity index (χ4v) is 2.30. The maximum atomic E-state index is 11.5. The summed E-state index contributed by atoms with van der Waals surface area (Å²) in [7, 11) is 2.12. The summed E-state index contributed by atoms with van der Waals surface area (Å²) in [5.41, 5.74) is -0.742. The van der Waals surface area contributed by atoms with E-state index in [1.165, 1.54) is 6.42 Å². The van der Waals surface area contributed by atoms with Crippen LogP contribution in [-0.4, -0.2) is 48.2 Å². The van der Waals surface area contributed by atoms with Crippen LogP contribution in [0.15, 0.2) is 0 Å². The first-order valence-corrected chi connectivity index (χ1v) is 7.55. The lowest BCUT2D eigenvalue weighted by atomic mass is 9.90. The first-order valence-electron chi connectivity index (χ1n) is 7.55. The van der Waals surface area contributed by atoms with Crippen LogP contribution in [0.3, 0.4) is 0 Å². The number of aliphatic carboxylic acids is 1. The Morgan fingerprint density at radius 1 is 1.32 bits per heavy atom. The van der Waals surface area contributed by atoms with Crippen molar-refractivity contribution in [3.05, 3.63) is 0 Å². The Balaban J connectivity index is 4.15. The predicted octanol–water partition coefficient (Wildman–Crippen LogP) is 2.59. The van der Waals surface area contributed by atoms with Crippen molar-refractivity contribution in [1.82, 2.24) is 10.2 Å². The number of carboxylic acids is 1. The van der Waals surface area contributed by atoms with E-state index in [0.717, 1.165) is 25.4 Å². The molecule has 1 unspecified atom stereocenters. The molecule has 0 saturated heterocycles. The summed E-state index contributed by atoms with van der Waals surface area (Å²) in [5.74, 6) is -0.000330. The van der Waals surface area contributed by atoms with E-state index in [2.05, 4.69) is 31.1 Å². The summed E-state index contributed by atoms with van der Waals surface area (Å²) < 4.78 is 0. The largest absolute Gasteiger partial charge is 0.480 e. The van der Waals surface area contributed by atoms with Crippen molar-refractivity contribution in [3.8, 4) is 0 Å². The third-order valence-electron chi connectivity index (χ3n) is 3.76. The van der Waals surface area contributed by atoms with Crippen molar-refractivity contribution in [2.75, 3.05) is 26.7 Å². The molecule has 0 spiro atoms. The molecule has 0 aromatic rings. The lowest BCUT2D eigenvalue weighted by Crippen LogP contribution is -2.51. The van der Waals surface area contributed by atoms with E-state index in [4.69, 9.17) is 0 Å². The highest BCUT2D eigenvalue weighted by Crippen LogP contribution is 2.18. The minimum absolute atomic E-state index is 0.631. The van der Waals surface area contributed by atoms with Crippen LogP contribution < -0.4 is 5.32 Å². The van der Waals surface area contributed by atoms with E-state index in [1.807, 2.05) is 13.8 Å². The highest BCUT2D eigenvalue weighted by atomic mass is 16.4. The first-order chi connectivity index (χ1) is 8.88. The Hall–Kier alpha value is -0.610. The normalized spacial score (nSPS) is 14.9. The van der Waals surface area contributed by atoms with E-state index in [-0.39, 0.29) is 0 Å². The highest BCUT2D eigenvalue weighted by Gasteiger charge is 2.34. The molecule has 0 saturated carbocycles. The van der Waals surface area contributed by atoms with Gasteiger partial charge in [-0.3, -0.25) is 4.79 Å². The molecule has 0 amide bonds. The fraction of sp³-hybridized carbons (Fsp3) is 0.933. The Morgan fingerprint density at radius 2 is 1.95 bits per heavy atom. The first kappa shape index (κ1) is 18.4. The average Bonchev–Trinajstić information content (AvgIpc) is 2.34. The van der Waals surface area contributed by atoms with Gasteiger partial charge in [-0.25, -0.2) is 0 Å². The molecule has 0 fully saturated rings. The molecule has 0 heterocycles. The Kier molecular flexibility index (Phi) is 9.02. The van der Waals surface area contributed by atoms with Gasteiger partial charge >= 0.3 is 5.97 Å². The lowest BCUT2D eigenvalue weighted by molar-refractivity contribution is -0.145. The Morgan fingerprint density at radius 3 is 2.37 bits per heavy atom. The molecule has 0 radical (unpaired) electrons. The fourth-order valence-electron chi connectivity index (χ4n) is 2.30. The van der Waals surface area contributed by atoms with Crippen LogP contribution in [0, 0.1) is 5.92 Å². The standard InChI is InChI=1S/C15H32N2O2/c1-6-15(14(18)19,16-7-2)10-8-11-17(5)12-9-13(3)4/h13,16H,6-12H2,1-5H3,(H,18,19). The van der Waals surface area contributed by atoms with Gasteiger partial charge in [0, 0.05) is 0 Å². The molecule has 114 valence electrons. The summed E-state index contributed by atoms with van der Waals surface area (Å²) in [4.78, 5) is 13.8. The van der Waals surface area contributed by atoms with Crippen molar-refractivity contribution in [1.29, 1.82) is 0 Å². The van der Waals surface area contributed by atoms with Crippen LogP contribution in [0.1, 0.15) is 53.4 Å². The number of hydrogen-bond donors (Lipinski definition) is 2. The van der Waals surface area contributed by atoms with Gasteiger partial charge in [0.05, 0.1) is 0 Å². The minimum Gasteiger partial charge on any atom is -0.480 e. The van der Waals surface area contributed by atoms with Crippen LogP contribution in [0.4, 0.5) is 0 Å².